The highest BCUT2D eigenvalue weighted by molar-refractivity contribution is 6.00. The first-order valence-corrected chi connectivity index (χ1v) is 12.6. The number of aromatic nitrogens is 6. The Morgan fingerprint density at radius 1 is 0.895 bits per heavy atom. The Labute approximate surface area is 217 Å². The van der Waals surface area contributed by atoms with Crippen LogP contribution in [0.4, 0.5) is 4.39 Å². The molecule has 7 rings (SSSR count). The molecule has 1 fully saturated rings. The molecule has 8 nitrogen and oxygen atoms in total. The quantitative estimate of drug-likeness (QED) is 0.286. The number of halogens is 1. The highest BCUT2D eigenvalue weighted by Gasteiger charge is 2.17. The summed E-state index contributed by atoms with van der Waals surface area (Å²) in [6.45, 7) is 1.93. The van der Waals surface area contributed by atoms with Crippen LogP contribution in [0.1, 0.15) is 12.8 Å². The number of pyridine rings is 3. The molecule has 38 heavy (non-hydrogen) atoms. The lowest BCUT2D eigenvalue weighted by Gasteiger charge is -2.23. The molecule has 5 aromatic heterocycles. The van der Waals surface area contributed by atoms with Crippen LogP contribution in [0.2, 0.25) is 0 Å². The molecule has 9 heteroatoms. The van der Waals surface area contributed by atoms with Crippen molar-refractivity contribution in [3.63, 3.8) is 0 Å². The first kappa shape index (κ1) is 22.6. The van der Waals surface area contributed by atoms with Crippen molar-refractivity contribution in [2.45, 2.75) is 18.9 Å². The first-order chi connectivity index (χ1) is 18.7. The maximum Gasteiger partial charge on any atom is 0.138 e. The van der Waals surface area contributed by atoms with E-state index in [1.165, 1.54) is 12.1 Å². The first-order valence-electron chi connectivity index (χ1n) is 12.6. The highest BCUT2D eigenvalue weighted by atomic mass is 19.1. The summed E-state index contributed by atoms with van der Waals surface area (Å²) < 4.78 is 20.1. The molecule has 0 radical (unpaired) electrons. The minimum absolute atomic E-state index is 0.192. The van der Waals surface area contributed by atoms with Crippen molar-refractivity contribution in [3.05, 3.63) is 79.1 Å². The Kier molecular flexibility index (Phi) is 5.55. The molecule has 3 N–H and O–H groups in total. The van der Waals surface area contributed by atoms with Gasteiger partial charge in [-0.15, -0.1) is 0 Å². The van der Waals surface area contributed by atoms with Crippen LogP contribution in [0.3, 0.4) is 0 Å². The number of hydrogen-bond acceptors (Lipinski definition) is 6. The molecule has 0 aliphatic carbocycles. The molecule has 0 spiro atoms. The number of piperidine rings is 1. The van der Waals surface area contributed by atoms with E-state index in [2.05, 4.69) is 35.5 Å². The Hall–Kier alpha value is -4.63. The van der Waals surface area contributed by atoms with E-state index in [9.17, 15) is 4.39 Å². The summed E-state index contributed by atoms with van der Waals surface area (Å²) >= 11 is 0. The van der Waals surface area contributed by atoms with Crippen molar-refractivity contribution in [1.82, 2.24) is 35.5 Å². The van der Waals surface area contributed by atoms with Gasteiger partial charge in [0, 0.05) is 28.7 Å². The van der Waals surface area contributed by atoms with Gasteiger partial charge in [-0.3, -0.25) is 15.1 Å². The molecule has 1 aromatic carbocycles. The summed E-state index contributed by atoms with van der Waals surface area (Å²) in [4.78, 5) is 16.9. The van der Waals surface area contributed by atoms with Crippen LogP contribution in [0.15, 0.2) is 73.3 Å². The molecule has 1 aliphatic rings. The van der Waals surface area contributed by atoms with E-state index < -0.39 is 0 Å². The number of hydrogen-bond donors (Lipinski definition) is 3. The number of benzene rings is 1. The van der Waals surface area contributed by atoms with Crippen molar-refractivity contribution in [2.24, 2.45) is 0 Å². The third-order valence-corrected chi connectivity index (χ3v) is 6.97. The second kappa shape index (κ2) is 9.35. The van der Waals surface area contributed by atoms with E-state index in [1.807, 2.05) is 30.3 Å². The minimum Gasteiger partial charge on any atom is -0.489 e. The maximum absolute atomic E-state index is 13.9. The number of ether oxygens (including phenoxy) is 1. The summed E-state index contributed by atoms with van der Waals surface area (Å²) in [5.41, 5.74) is 6.42. The Morgan fingerprint density at radius 3 is 2.71 bits per heavy atom. The van der Waals surface area contributed by atoms with E-state index in [-0.39, 0.29) is 11.9 Å². The number of aromatic amines is 2. The number of nitrogens with one attached hydrogen (secondary N) is 3. The van der Waals surface area contributed by atoms with Gasteiger partial charge in [0.2, 0.25) is 0 Å². The van der Waals surface area contributed by atoms with Gasteiger partial charge in [0.25, 0.3) is 0 Å². The van der Waals surface area contributed by atoms with Crippen molar-refractivity contribution >= 4 is 21.9 Å². The normalized spacial score (nSPS) is 14.3. The van der Waals surface area contributed by atoms with Gasteiger partial charge in [-0.25, -0.2) is 9.37 Å². The standard InChI is InChI=1S/C29H24FN7O/c30-19-3-1-2-17(10-19)22-6-9-33-29-23(22)12-26(35-29)28-24-13-25(34-16-27(24)36-37-28)18-11-21(15-32-14-18)38-20-4-7-31-8-5-20/h1-3,6,9-16,20,31H,4-5,7-8H2,(H,33,35)(H,36,37). The van der Waals surface area contributed by atoms with Gasteiger partial charge in [0.05, 0.1) is 29.3 Å². The van der Waals surface area contributed by atoms with Gasteiger partial charge in [0.1, 0.15) is 29.0 Å². The molecule has 0 unspecified atom stereocenters. The second-order valence-electron chi connectivity index (χ2n) is 9.48. The predicted octanol–water partition coefficient (Wildman–Crippen LogP) is 5.50. The lowest BCUT2D eigenvalue weighted by atomic mass is 10.0. The average Bonchev–Trinajstić information content (AvgIpc) is 3.57. The van der Waals surface area contributed by atoms with Gasteiger partial charge in [0.15, 0.2) is 0 Å². The van der Waals surface area contributed by atoms with Gasteiger partial charge in [-0.05, 0) is 73.5 Å². The molecule has 6 heterocycles. The van der Waals surface area contributed by atoms with Crippen molar-refractivity contribution in [2.75, 3.05) is 13.1 Å². The lowest BCUT2D eigenvalue weighted by Crippen LogP contribution is -2.34. The SMILES string of the molecule is Fc1cccc(-c2ccnc3[nH]c(-c4n[nH]c5cnc(-c6cncc(OC7CCNCC7)c6)cc45)cc23)c1. The van der Waals surface area contributed by atoms with Crippen LogP contribution >= 0.6 is 0 Å². The fraction of sp³-hybridized carbons (Fsp3) is 0.172. The number of nitrogens with zero attached hydrogens (tertiary/aromatic N) is 4. The number of H-pyrrole nitrogens is 2. The monoisotopic (exact) mass is 505 g/mol. The Balaban J connectivity index is 1.26. The molecule has 0 saturated carbocycles. The van der Waals surface area contributed by atoms with Crippen LogP contribution in [-0.4, -0.2) is 49.3 Å². The summed E-state index contributed by atoms with van der Waals surface area (Å²) in [6.07, 6.45) is 9.19. The summed E-state index contributed by atoms with van der Waals surface area (Å²) in [6, 6.07) is 14.5. The van der Waals surface area contributed by atoms with E-state index in [1.54, 1.807) is 30.9 Å². The van der Waals surface area contributed by atoms with E-state index in [0.717, 1.165) is 81.7 Å². The summed E-state index contributed by atoms with van der Waals surface area (Å²) in [7, 11) is 0. The molecule has 0 bridgehead atoms. The lowest BCUT2D eigenvalue weighted by molar-refractivity contribution is 0.162. The van der Waals surface area contributed by atoms with Crippen molar-refractivity contribution in [1.29, 1.82) is 0 Å². The highest BCUT2D eigenvalue weighted by Crippen LogP contribution is 2.34. The van der Waals surface area contributed by atoms with E-state index in [0.29, 0.717) is 5.65 Å². The molecule has 6 aromatic rings. The second-order valence-corrected chi connectivity index (χ2v) is 9.48. The number of rotatable bonds is 5. The zero-order valence-corrected chi connectivity index (χ0v) is 20.4. The third-order valence-electron chi connectivity index (χ3n) is 6.97. The fourth-order valence-electron chi connectivity index (χ4n) is 5.07. The fourth-order valence-corrected chi connectivity index (χ4v) is 5.07. The van der Waals surface area contributed by atoms with Crippen LogP contribution in [-0.2, 0) is 0 Å². The molecule has 0 atom stereocenters. The van der Waals surface area contributed by atoms with Crippen molar-refractivity contribution < 1.29 is 9.13 Å². The maximum atomic E-state index is 13.9. The minimum atomic E-state index is -0.277. The molecular formula is C29H24FN7O. The van der Waals surface area contributed by atoms with Gasteiger partial charge < -0.3 is 15.0 Å². The molecule has 188 valence electrons. The van der Waals surface area contributed by atoms with Crippen LogP contribution in [0.25, 0.3) is 55.7 Å². The number of fused-ring (bicyclic) bond motifs is 2. The van der Waals surface area contributed by atoms with Crippen LogP contribution in [0, 0.1) is 5.82 Å². The van der Waals surface area contributed by atoms with E-state index in [4.69, 9.17) is 4.74 Å². The molecular weight excluding hydrogens is 481 g/mol. The molecule has 1 aliphatic heterocycles. The van der Waals surface area contributed by atoms with Crippen LogP contribution in [0.5, 0.6) is 5.75 Å². The predicted molar refractivity (Wildman–Crippen MR) is 144 cm³/mol. The zero-order chi connectivity index (χ0) is 25.5. The third kappa shape index (κ3) is 4.16. The summed E-state index contributed by atoms with van der Waals surface area (Å²) in [5, 5.41) is 12.8. The molecule has 0 amide bonds. The smallest absolute Gasteiger partial charge is 0.138 e. The average molecular weight is 506 g/mol. The Bertz CT molecular complexity index is 1770. The van der Waals surface area contributed by atoms with Crippen LogP contribution < -0.4 is 10.1 Å². The Morgan fingerprint density at radius 2 is 1.82 bits per heavy atom. The topological polar surface area (TPSA) is 104 Å². The zero-order valence-electron chi connectivity index (χ0n) is 20.4. The van der Waals surface area contributed by atoms with Crippen molar-refractivity contribution in [3.8, 4) is 39.5 Å². The largest absolute Gasteiger partial charge is 0.489 e. The van der Waals surface area contributed by atoms with Gasteiger partial charge in [-0.2, -0.15) is 5.10 Å². The summed E-state index contributed by atoms with van der Waals surface area (Å²) in [5.74, 6) is 0.469. The van der Waals surface area contributed by atoms with Gasteiger partial charge >= 0.3 is 0 Å². The molecule has 1 saturated heterocycles. The van der Waals surface area contributed by atoms with E-state index >= 15 is 0 Å². The van der Waals surface area contributed by atoms with Gasteiger partial charge in [-0.1, -0.05) is 12.1 Å².